The molecule has 1 aromatic carbocycles. The van der Waals surface area contributed by atoms with Crippen molar-refractivity contribution in [2.75, 3.05) is 7.05 Å². The Bertz CT molecular complexity index is 733. The van der Waals surface area contributed by atoms with Crippen molar-refractivity contribution in [3.63, 3.8) is 0 Å². The van der Waals surface area contributed by atoms with Crippen molar-refractivity contribution < 1.29 is 8.42 Å². The smallest absolute Gasteiger partial charge is 0.244 e. The molecule has 0 unspecified atom stereocenters. The molecule has 0 amide bonds. The number of sulfonamides is 1. The van der Waals surface area contributed by atoms with Gasteiger partial charge in [-0.25, -0.2) is 13.4 Å². The minimum absolute atomic E-state index is 0.232. The number of hydrogen-bond donors (Lipinski definition) is 0. The van der Waals surface area contributed by atoms with Gasteiger partial charge in [-0.1, -0.05) is 6.07 Å². The van der Waals surface area contributed by atoms with E-state index in [1.165, 1.54) is 15.6 Å². The van der Waals surface area contributed by atoms with E-state index in [2.05, 4.69) is 20.9 Å². The summed E-state index contributed by atoms with van der Waals surface area (Å²) in [5.41, 5.74) is 4.03. The van der Waals surface area contributed by atoms with Crippen LogP contribution in [0.25, 0.3) is 0 Å². The lowest BCUT2D eigenvalue weighted by molar-refractivity contribution is 0.462. The van der Waals surface area contributed by atoms with Crippen molar-refractivity contribution in [1.82, 2.24) is 9.29 Å². The lowest BCUT2D eigenvalue weighted by Crippen LogP contribution is -2.27. The van der Waals surface area contributed by atoms with Crippen molar-refractivity contribution >= 4 is 48.9 Å². The molecule has 0 saturated heterocycles. The zero-order chi connectivity index (χ0) is 15.6. The summed E-state index contributed by atoms with van der Waals surface area (Å²) in [5, 5.41) is 1.83. The first-order valence-electron chi connectivity index (χ1n) is 6.04. The largest absolute Gasteiger partial charge is 0.248 e. The highest BCUT2D eigenvalue weighted by atomic mass is 79.9. The molecule has 1 heterocycles. The molecule has 2 aromatic rings. The van der Waals surface area contributed by atoms with Crippen LogP contribution in [-0.2, 0) is 22.4 Å². The van der Waals surface area contributed by atoms with Gasteiger partial charge in [-0.05, 0) is 40.0 Å². The first kappa shape index (κ1) is 16.9. The second kappa shape index (κ2) is 6.75. The summed E-state index contributed by atoms with van der Waals surface area (Å²) in [6.45, 7) is 2.09. The fraction of sp³-hybridized carbons (Fsp3) is 0.308. The Labute approximate surface area is 141 Å². The van der Waals surface area contributed by atoms with Gasteiger partial charge in [-0.2, -0.15) is 4.31 Å². The molecule has 0 atom stereocenters. The van der Waals surface area contributed by atoms with Gasteiger partial charge in [0.1, 0.15) is 0 Å². The third-order valence-corrected chi connectivity index (χ3v) is 7.08. The molecule has 8 heteroatoms. The van der Waals surface area contributed by atoms with Crippen LogP contribution in [0.1, 0.15) is 16.8 Å². The van der Waals surface area contributed by atoms with Crippen molar-refractivity contribution in [2.45, 2.75) is 24.2 Å². The summed E-state index contributed by atoms with van der Waals surface area (Å²) in [6, 6.07) is 3.48. The third-order valence-electron chi connectivity index (χ3n) is 2.99. The maximum atomic E-state index is 12.7. The van der Waals surface area contributed by atoms with Crippen LogP contribution in [0.5, 0.6) is 0 Å². The fourth-order valence-electron chi connectivity index (χ4n) is 1.87. The first-order chi connectivity index (χ1) is 9.86. The molecule has 0 bridgehead atoms. The number of benzene rings is 1. The number of halogens is 2. The average Bonchev–Trinajstić information content (AvgIpc) is 2.94. The first-order valence-corrected chi connectivity index (χ1v) is 9.75. The van der Waals surface area contributed by atoms with Gasteiger partial charge in [-0.15, -0.1) is 22.9 Å². The molecule has 0 saturated carbocycles. The quantitative estimate of drug-likeness (QED) is 0.706. The van der Waals surface area contributed by atoms with E-state index in [0.29, 0.717) is 4.47 Å². The van der Waals surface area contributed by atoms with Crippen molar-refractivity contribution in [3.8, 4) is 0 Å². The van der Waals surface area contributed by atoms with Gasteiger partial charge in [0.15, 0.2) is 0 Å². The van der Waals surface area contributed by atoms with E-state index in [-0.39, 0.29) is 17.3 Å². The minimum atomic E-state index is -3.61. The number of aromatic nitrogens is 1. The van der Waals surface area contributed by atoms with E-state index in [1.54, 1.807) is 18.6 Å². The van der Waals surface area contributed by atoms with Crippen molar-refractivity contribution in [3.05, 3.63) is 44.3 Å². The molecule has 0 N–H and O–H groups in total. The highest BCUT2D eigenvalue weighted by Gasteiger charge is 2.25. The monoisotopic (exact) mass is 408 g/mol. The lowest BCUT2D eigenvalue weighted by Gasteiger charge is -2.18. The van der Waals surface area contributed by atoms with Crippen LogP contribution in [0.15, 0.2) is 32.4 Å². The Morgan fingerprint density at radius 3 is 2.71 bits per heavy atom. The van der Waals surface area contributed by atoms with Crippen LogP contribution in [0.3, 0.4) is 0 Å². The van der Waals surface area contributed by atoms with E-state index in [1.807, 2.05) is 18.4 Å². The molecule has 0 radical (unpaired) electrons. The SMILES string of the molecule is Cc1cc(CCl)cc(S(=O)(=O)N(C)Cc2cscn2)c1Br. The van der Waals surface area contributed by atoms with Crippen LogP contribution >= 0.6 is 38.9 Å². The summed E-state index contributed by atoms with van der Waals surface area (Å²) in [6.07, 6.45) is 0. The van der Waals surface area contributed by atoms with Gasteiger partial charge in [0.2, 0.25) is 10.0 Å². The Morgan fingerprint density at radius 1 is 1.43 bits per heavy atom. The molecular formula is C13H14BrClN2O2S2. The fourth-order valence-corrected chi connectivity index (χ4v) is 4.74. The number of nitrogens with zero attached hydrogens (tertiary/aromatic N) is 2. The Morgan fingerprint density at radius 2 is 2.14 bits per heavy atom. The topological polar surface area (TPSA) is 50.3 Å². The van der Waals surface area contributed by atoms with Crippen LogP contribution < -0.4 is 0 Å². The summed E-state index contributed by atoms with van der Waals surface area (Å²) >= 11 is 10.6. The Balaban J connectivity index is 2.41. The highest BCUT2D eigenvalue weighted by molar-refractivity contribution is 9.10. The van der Waals surface area contributed by atoms with Gasteiger partial charge in [-0.3, -0.25) is 0 Å². The van der Waals surface area contributed by atoms with E-state index < -0.39 is 10.0 Å². The minimum Gasteiger partial charge on any atom is -0.248 e. The number of rotatable bonds is 5. The van der Waals surface area contributed by atoms with Crippen LogP contribution in [0, 0.1) is 6.92 Å². The van der Waals surface area contributed by atoms with Crippen LogP contribution in [-0.4, -0.2) is 24.8 Å². The summed E-state index contributed by atoms with van der Waals surface area (Å²) in [7, 11) is -2.06. The second-order valence-corrected chi connectivity index (χ2v) is 8.39. The van der Waals surface area contributed by atoms with E-state index in [4.69, 9.17) is 11.6 Å². The highest BCUT2D eigenvalue weighted by Crippen LogP contribution is 2.30. The van der Waals surface area contributed by atoms with Gasteiger partial charge in [0, 0.05) is 22.8 Å². The summed E-state index contributed by atoms with van der Waals surface area (Å²) < 4.78 is 27.3. The molecule has 1 aromatic heterocycles. The second-order valence-electron chi connectivity index (χ2n) is 4.60. The Hall–Kier alpha value is -0.470. The molecule has 2 rings (SSSR count). The standard InChI is InChI=1S/C13H14BrClN2O2S2/c1-9-3-10(5-15)4-12(13(9)14)21(18,19)17(2)6-11-7-20-8-16-11/h3-4,7-8H,5-6H2,1-2H3. The molecule has 114 valence electrons. The van der Waals surface area contributed by atoms with Crippen LogP contribution in [0.2, 0.25) is 0 Å². The average molecular weight is 410 g/mol. The zero-order valence-corrected chi connectivity index (χ0v) is 15.5. The maximum Gasteiger partial charge on any atom is 0.244 e. The summed E-state index contributed by atoms with van der Waals surface area (Å²) in [4.78, 5) is 4.35. The van der Waals surface area contributed by atoms with Gasteiger partial charge < -0.3 is 0 Å². The number of hydrogen-bond acceptors (Lipinski definition) is 4. The number of aryl methyl sites for hydroxylation is 1. The molecule has 21 heavy (non-hydrogen) atoms. The zero-order valence-electron chi connectivity index (χ0n) is 11.5. The molecule has 4 nitrogen and oxygen atoms in total. The van der Waals surface area contributed by atoms with E-state index >= 15 is 0 Å². The predicted molar refractivity (Wildman–Crippen MR) is 89.2 cm³/mol. The van der Waals surface area contributed by atoms with Gasteiger partial charge >= 0.3 is 0 Å². The Kier molecular flexibility index (Phi) is 5.43. The van der Waals surface area contributed by atoms with E-state index in [0.717, 1.165) is 16.8 Å². The van der Waals surface area contributed by atoms with Gasteiger partial charge in [0.05, 0.1) is 22.6 Å². The number of thiazole rings is 1. The van der Waals surface area contributed by atoms with Gasteiger partial charge in [0.25, 0.3) is 0 Å². The molecule has 0 aliphatic heterocycles. The van der Waals surface area contributed by atoms with Crippen molar-refractivity contribution in [2.24, 2.45) is 0 Å². The maximum absolute atomic E-state index is 12.7. The summed E-state index contributed by atoms with van der Waals surface area (Å²) in [5.74, 6) is 0.270. The molecule has 0 aliphatic carbocycles. The molecular weight excluding hydrogens is 396 g/mol. The molecule has 0 fully saturated rings. The van der Waals surface area contributed by atoms with E-state index in [9.17, 15) is 8.42 Å². The normalized spacial score (nSPS) is 12.0. The predicted octanol–water partition coefficient (Wildman–Crippen LogP) is 3.77. The van der Waals surface area contributed by atoms with Crippen molar-refractivity contribution in [1.29, 1.82) is 0 Å². The van der Waals surface area contributed by atoms with Crippen LogP contribution in [0.4, 0.5) is 0 Å². The lowest BCUT2D eigenvalue weighted by atomic mass is 10.2. The molecule has 0 aliphatic rings. The number of alkyl halides is 1. The third kappa shape index (κ3) is 3.65. The molecule has 0 spiro atoms.